The molecule has 1 heterocycles. The van der Waals surface area contributed by atoms with Crippen LogP contribution in [-0.2, 0) is 6.18 Å². The van der Waals surface area contributed by atoms with E-state index in [-0.39, 0.29) is 23.1 Å². The molecule has 0 aliphatic rings. The van der Waals surface area contributed by atoms with Crippen molar-refractivity contribution >= 4 is 28.4 Å². The van der Waals surface area contributed by atoms with E-state index in [1.165, 1.54) is 18.2 Å². The van der Waals surface area contributed by atoms with Gasteiger partial charge in [0.15, 0.2) is 5.82 Å². The van der Waals surface area contributed by atoms with Crippen LogP contribution >= 0.6 is 22.6 Å². The van der Waals surface area contributed by atoms with E-state index in [1.807, 2.05) is 36.4 Å². The number of halogens is 4. The minimum Gasteiger partial charge on any atom is -0.383 e. The van der Waals surface area contributed by atoms with Crippen LogP contribution < -0.4 is 5.73 Å². The van der Waals surface area contributed by atoms with Crippen LogP contribution in [0.25, 0.3) is 11.4 Å². The van der Waals surface area contributed by atoms with Crippen LogP contribution in [0.3, 0.4) is 0 Å². The molecule has 112 valence electrons. The molecule has 21 heavy (non-hydrogen) atoms. The summed E-state index contributed by atoms with van der Waals surface area (Å²) < 4.78 is 39.9. The summed E-state index contributed by atoms with van der Waals surface area (Å²) in [5.41, 5.74) is 5.64. The number of nitrogens with zero attached hydrogens (tertiary/aromatic N) is 2. The molecule has 0 atom stereocenters. The zero-order valence-corrected chi connectivity index (χ0v) is 13.5. The van der Waals surface area contributed by atoms with Crippen molar-refractivity contribution in [2.45, 2.75) is 25.9 Å². The minimum absolute atomic E-state index is 0.00420. The second kappa shape index (κ2) is 5.78. The fraction of sp³-hybridized carbons (Fsp3) is 0.286. The molecule has 0 saturated heterocycles. The fourth-order valence-electron chi connectivity index (χ4n) is 1.91. The number of anilines is 1. The van der Waals surface area contributed by atoms with E-state index >= 15 is 0 Å². The lowest BCUT2D eigenvalue weighted by Crippen LogP contribution is -2.11. The maximum absolute atomic E-state index is 13.1. The van der Waals surface area contributed by atoms with Crippen LogP contribution in [0.4, 0.5) is 19.0 Å². The Hall–Kier alpha value is -1.38. The summed E-state index contributed by atoms with van der Waals surface area (Å²) in [6, 6.07) is 5.24. The molecule has 2 N–H and O–H groups in total. The molecular formula is C14H13F3IN3. The Morgan fingerprint density at radius 1 is 1.14 bits per heavy atom. The average molecular weight is 407 g/mol. The lowest BCUT2D eigenvalue weighted by atomic mass is 10.1. The van der Waals surface area contributed by atoms with E-state index in [2.05, 4.69) is 9.97 Å². The zero-order chi connectivity index (χ0) is 15.8. The van der Waals surface area contributed by atoms with Gasteiger partial charge < -0.3 is 5.73 Å². The first-order chi connectivity index (χ1) is 9.71. The standard InChI is InChI=1S/C14H13F3IN3/c1-7(2)11-10(18)12(19)21-13(20-11)8-5-3-4-6-9(8)14(15,16)17/h3-7H,1-2H3,(H2,19,20,21). The first kappa shape index (κ1) is 16.0. The number of hydrogen-bond acceptors (Lipinski definition) is 3. The van der Waals surface area contributed by atoms with Gasteiger partial charge in [0.05, 0.1) is 14.8 Å². The smallest absolute Gasteiger partial charge is 0.383 e. The van der Waals surface area contributed by atoms with Crippen molar-refractivity contribution < 1.29 is 13.2 Å². The van der Waals surface area contributed by atoms with Crippen LogP contribution in [0.2, 0.25) is 0 Å². The van der Waals surface area contributed by atoms with Crippen molar-refractivity contribution in [3.8, 4) is 11.4 Å². The quantitative estimate of drug-likeness (QED) is 0.748. The molecule has 0 fully saturated rings. The molecule has 0 bridgehead atoms. The molecular weight excluding hydrogens is 394 g/mol. The van der Waals surface area contributed by atoms with Crippen LogP contribution in [0.15, 0.2) is 24.3 Å². The molecule has 0 amide bonds. The lowest BCUT2D eigenvalue weighted by Gasteiger charge is -2.15. The van der Waals surface area contributed by atoms with Crippen molar-refractivity contribution in [1.82, 2.24) is 9.97 Å². The van der Waals surface area contributed by atoms with Crippen LogP contribution in [0, 0.1) is 3.57 Å². The molecule has 7 heteroatoms. The largest absolute Gasteiger partial charge is 0.417 e. The number of benzene rings is 1. The Kier molecular flexibility index (Phi) is 4.40. The Balaban J connectivity index is 2.69. The monoisotopic (exact) mass is 407 g/mol. The normalized spacial score (nSPS) is 12.0. The Morgan fingerprint density at radius 3 is 2.33 bits per heavy atom. The molecule has 0 aliphatic heterocycles. The van der Waals surface area contributed by atoms with Crippen LogP contribution in [0.5, 0.6) is 0 Å². The Bertz CT molecular complexity index is 669. The van der Waals surface area contributed by atoms with Gasteiger partial charge in [-0.05, 0) is 34.6 Å². The third-order valence-corrected chi connectivity index (χ3v) is 4.03. The highest BCUT2D eigenvalue weighted by atomic mass is 127. The third-order valence-electron chi connectivity index (χ3n) is 2.92. The molecule has 0 aliphatic carbocycles. The first-order valence-corrected chi connectivity index (χ1v) is 7.29. The minimum atomic E-state index is -4.46. The number of nitrogen functional groups attached to an aromatic ring is 1. The van der Waals surface area contributed by atoms with Crippen molar-refractivity contribution in [2.24, 2.45) is 0 Å². The van der Waals surface area contributed by atoms with E-state index in [0.717, 1.165) is 6.07 Å². The summed E-state index contributed by atoms with van der Waals surface area (Å²) in [4.78, 5) is 8.30. The summed E-state index contributed by atoms with van der Waals surface area (Å²) in [6.45, 7) is 3.81. The second-order valence-electron chi connectivity index (χ2n) is 4.83. The predicted octanol–water partition coefficient (Wildman–Crippen LogP) is 4.47. The number of nitrogens with two attached hydrogens (primary N) is 1. The van der Waals surface area contributed by atoms with E-state index in [9.17, 15) is 13.2 Å². The molecule has 2 aromatic rings. The molecule has 0 radical (unpaired) electrons. The van der Waals surface area contributed by atoms with Gasteiger partial charge in [0.25, 0.3) is 0 Å². The highest BCUT2D eigenvalue weighted by Gasteiger charge is 2.34. The van der Waals surface area contributed by atoms with Gasteiger partial charge >= 0.3 is 6.18 Å². The topological polar surface area (TPSA) is 51.8 Å². The average Bonchev–Trinajstić information content (AvgIpc) is 2.40. The van der Waals surface area contributed by atoms with Crippen LogP contribution in [-0.4, -0.2) is 9.97 Å². The molecule has 3 nitrogen and oxygen atoms in total. The number of alkyl halides is 3. The summed E-state index contributed by atoms with van der Waals surface area (Å²) >= 11 is 2.01. The molecule has 0 spiro atoms. The number of hydrogen-bond donors (Lipinski definition) is 1. The lowest BCUT2D eigenvalue weighted by molar-refractivity contribution is -0.137. The third kappa shape index (κ3) is 3.28. The van der Waals surface area contributed by atoms with Crippen LogP contribution in [0.1, 0.15) is 31.0 Å². The molecule has 1 aromatic carbocycles. The second-order valence-corrected chi connectivity index (χ2v) is 5.91. The van der Waals surface area contributed by atoms with Crippen molar-refractivity contribution in [1.29, 1.82) is 0 Å². The van der Waals surface area contributed by atoms with Crippen molar-refractivity contribution in [3.05, 3.63) is 39.1 Å². The van der Waals surface area contributed by atoms with E-state index in [1.54, 1.807) is 0 Å². The van der Waals surface area contributed by atoms with Gasteiger partial charge in [-0.2, -0.15) is 13.2 Å². The van der Waals surface area contributed by atoms with Gasteiger partial charge in [-0.3, -0.25) is 0 Å². The summed E-state index contributed by atoms with van der Waals surface area (Å²) in [6.07, 6.45) is -4.46. The first-order valence-electron chi connectivity index (χ1n) is 6.21. The van der Waals surface area contributed by atoms with Gasteiger partial charge in [-0.15, -0.1) is 0 Å². The Morgan fingerprint density at radius 2 is 1.76 bits per heavy atom. The van der Waals surface area contributed by atoms with Gasteiger partial charge in [0.2, 0.25) is 0 Å². The van der Waals surface area contributed by atoms with E-state index < -0.39 is 11.7 Å². The zero-order valence-electron chi connectivity index (χ0n) is 11.4. The fourth-order valence-corrected chi connectivity index (χ4v) is 2.77. The highest BCUT2D eigenvalue weighted by molar-refractivity contribution is 14.1. The predicted molar refractivity (Wildman–Crippen MR) is 83.7 cm³/mol. The highest BCUT2D eigenvalue weighted by Crippen LogP contribution is 2.36. The van der Waals surface area contributed by atoms with Gasteiger partial charge in [-0.25, -0.2) is 9.97 Å². The van der Waals surface area contributed by atoms with E-state index in [0.29, 0.717) is 9.26 Å². The molecule has 1 aromatic heterocycles. The number of aromatic nitrogens is 2. The Labute approximate surface area is 133 Å². The van der Waals surface area contributed by atoms with Gasteiger partial charge in [-0.1, -0.05) is 32.0 Å². The maximum atomic E-state index is 13.1. The summed E-state index contributed by atoms with van der Waals surface area (Å²) in [5, 5.41) is 0. The molecule has 0 saturated carbocycles. The number of rotatable bonds is 2. The van der Waals surface area contributed by atoms with Gasteiger partial charge in [0.1, 0.15) is 5.82 Å². The summed E-state index contributed by atoms with van der Waals surface area (Å²) in [7, 11) is 0. The van der Waals surface area contributed by atoms with Gasteiger partial charge in [0, 0.05) is 5.56 Å². The molecule has 0 unspecified atom stereocenters. The SMILES string of the molecule is CC(C)c1nc(-c2ccccc2C(F)(F)F)nc(N)c1I. The van der Waals surface area contributed by atoms with E-state index in [4.69, 9.17) is 5.73 Å². The maximum Gasteiger partial charge on any atom is 0.417 e. The van der Waals surface area contributed by atoms with Crippen molar-refractivity contribution in [2.75, 3.05) is 5.73 Å². The summed E-state index contributed by atoms with van der Waals surface area (Å²) in [5.74, 6) is 0.241. The molecule has 2 rings (SSSR count). The van der Waals surface area contributed by atoms with Crippen molar-refractivity contribution in [3.63, 3.8) is 0 Å².